The average Bonchev–Trinajstić information content (AvgIpc) is 2.80. The van der Waals surface area contributed by atoms with E-state index < -0.39 is 41.1 Å². The number of nitrogens with zero attached hydrogens (tertiary/aromatic N) is 3. The molecule has 1 aliphatic heterocycles. The molecule has 0 aliphatic carbocycles. The molecule has 4 amide bonds. The molecule has 1 heterocycles. The number of rotatable bonds is 6. The quantitative estimate of drug-likeness (QED) is 0.336. The van der Waals surface area contributed by atoms with Gasteiger partial charge < -0.3 is 0 Å². The van der Waals surface area contributed by atoms with E-state index in [0.717, 1.165) is 9.80 Å². The highest BCUT2D eigenvalue weighted by Crippen LogP contribution is 2.36. The number of barbiturate groups is 1. The molecule has 8 heteroatoms. The molecule has 160 valence electrons. The average molecular weight is 429 g/mol. The largest absolute Gasteiger partial charge is 0.342 e. The van der Waals surface area contributed by atoms with Crippen LogP contribution in [0.3, 0.4) is 0 Å². The fourth-order valence-electron chi connectivity index (χ4n) is 3.91. The van der Waals surface area contributed by atoms with Crippen LogP contribution in [-0.2, 0) is 9.59 Å². The van der Waals surface area contributed by atoms with Crippen LogP contribution < -0.4 is 9.80 Å². The first-order chi connectivity index (χ1) is 15.5. The van der Waals surface area contributed by atoms with Gasteiger partial charge in [0.05, 0.1) is 17.3 Å². The monoisotopic (exact) mass is 429 g/mol. The second-order valence-corrected chi connectivity index (χ2v) is 7.31. The lowest BCUT2D eigenvalue weighted by Gasteiger charge is -2.38. The second kappa shape index (κ2) is 8.81. The van der Waals surface area contributed by atoms with Crippen LogP contribution in [0.2, 0.25) is 0 Å². The summed E-state index contributed by atoms with van der Waals surface area (Å²) in [6.45, 7) is -0.633. The summed E-state index contributed by atoms with van der Waals surface area (Å²) in [5.74, 6) is -4.05. The number of hydrogen-bond acceptors (Lipinski definition) is 5. The summed E-state index contributed by atoms with van der Waals surface area (Å²) in [4.78, 5) is 53.3. The van der Waals surface area contributed by atoms with Crippen molar-refractivity contribution in [2.24, 2.45) is 5.92 Å². The van der Waals surface area contributed by atoms with Gasteiger partial charge in [0.25, 0.3) is 0 Å². The van der Waals surface area contributed by atoms with Crippen LogP contribution in [0, 0.1) is 16.0 Å². The molecule has 1 saturated heterocycles. The minimum absolute atomic E-state index is 0.286. The van der Waals surface area contributed by atoms with Crippen molar-refractivity contribution in [3.8, 4) is 0 Å². The molecule has 0 unspecified atom stereocenters. The third-order valence-corrected chi connectivity index (χ3v) is 5.36. The molecular weight excluding hydrogens is 410 g/mol. The van der Waals surface area contributed by atoms with Gasteiger partial charge in [-0.3, -0.25) is 19.7 Å². The molecule has 1 atom stereocenters. The number of imide groups is 2. The first kappa shape index (κ1) is 20.9. The molecule has 0 spiro atoms. The highest BCUT2D eigenvalue weighted by Gasteiger charge is 2.51. The third kappa shape index (κ3) is 3.85. The van der Waals surface area contributed by atoms with Gasteiger partial charge in [-0.25, -0.2) is 14.6 Å². The predicted molar refractivity (Wildman–Crippen MR) is 118 cm³/mol. The Bertz CT molecular complexity index is 1090. The summed E-state index contributed by atoms with van der Waals surface area (Å²) in [5.41, 5.74) is 1.05. The fraction of sp³-hybridized carbons (Fsp3) is 0.125. The Kier molecular flexibility index (Phi) is 5.76. The molecule has 0 aromatic heterocycles. The molecule has 1 aliphatic rings. The predicted octanol–water partition coefficient (Wildman–Crippen LogP) is 3.86. The van der Waals surface area contributed by atoms with E-state index >= 15 is 0 Å². The molecule has 0 bridgehead atoms. The zero-order valence-corrected chi connectivity index (χ0v) is 16.9. The van der Waals surface area contributed by atoms with Gasteiger partial charge in [0.1, 0.15) is 5.92 Å². The van der Waals surface area contributed by atoms with Crippen LogP contribution in [0.4, 0.5) is 16.2 Å². The smallest absolute Gasteiger partial charge is 0.273 e. The molecule has 0 N–H and O–H groups in total. The number of para-hydroxylation sites is 2. The van der Waals surface area contributed by atoms with Crippen molar-refractivity contribution in [2.75, 3.05) is 16.3 Å². The number of amides is 4. The van der Waals surface area contributed by atoms with Gasteiger partial charge in [-0.2, -0.15) is 0 Å². The van der Waals surface area contributed by atoms with E-state index in [4.69, 9.17) is 0 Å². The number of carbonyl (C=O) groups excluding carboxylic acids is 3. The topological polar surface area (TPSA) is 101 Å². The Morgan fingerprint density at radius 1 is 0.719 bits per heavy atom. The number of urea groups is 1. The zero-order valence-electron chi connectivity index (χ0n) is 16.9. The van der Waals surface area contributed by atoms with Gasteiger partial charge in [0.15, 0.2) is 0 Å². The molecule has 4 rings (SSSR count). The van der Waals surface area contributed by atoms with Crippen molar-refractivity contribution in [3.05, 3.63) is 107 Å². The van der Waals surface area contributed by atoms with E-state index in [1.165, 1.54) is 0 Å². The Balaban J connectivity index is 1.87. The Morgan fingerprint density at radius 3 is 1.53 bits per heavy atom. The first-order valence-electron chi connectivity index (χ1n) is 9.98. The van der Waals surface area contributed by atoms with Gasteiger partial charge in [0, 0.05) is 4.92 Å². The Hall–Kier alpha value is -4.33. The summed E-state index contributed by atoms with van der Waals surface area (Å²) < 4.78 is 0. The molecule has 0 saturated carbocycles. The summed E-state index contributed by atoms with van der Waals surface area (Å²) in [7, 11) is 0. The van der Waals surface area contributed by atoms with E-state index in [9.17, 15) is 24.5 Å². The number of nitro groups is 1. The molecule has 8 nitrogen and oxygen atoms in total. The standard InChI is InChI=1S/C24H19N3O5/c28-22-21(20(16-25(31)32)17-10-4-1-5-11-17)23(29)27(19-14-8-3-9-15-19)24(30)26(22)18-12-6-2-7-13-18/h1-15,20-21H,16H2/t20-/m0/s1. The van der Waals surface area contributed by atoms with Crippen LogP contribution >= 0.6 is 0 Å². The molecule has 3 aromatic rings. The van der Waals surface area contributed by atoms with Crippen LogP contribution in [0.25, 0.3) is 0 Å². The number of carbonyl (C=O) groups is 3. The summed E-state index contributed by atoms with van der Waals surface area (Å²) in [6, 6.07) is 24.1. The van der Waals surface area contributed by atoms with Crippen LogP contribution in [0.1, 0.15) is 11.5 Å². The van der Waals surface area contributed by atoms with Gasteiger partial charge in [0.2, 0.25) is 18.4 Å². The third-order valence-electron chi connectivity index (χ3n) is 5.36. The van der Waals surface area contributed by atoms with Crippen LogP contribution in [0.5, 0.6) is 0 Å². The number of benzene rings is 3. The number of anilines is 2. The Morgan fingerprint density at radius 2 is 1.12 bits per heavy atom. The molecule has 3 aromatic carbocycles. The second-order valence-electron chi connectivity index (χ2n) is 7.31. The van der Waals surface area contributed by atoms with Gasteiger partial charge in [-0.1, -0.05) is 66.7 Å². The summed E-state index contributed by atoms with van der Waals surface area (Å²) >= 11 is 0. The maximum absolute atomic E-state index is 13.6. The van der Waals surface area contributed by atoms with Gasteiger partial charge in [-0.15, -0.1) is 0 Å². The minimum atomic E-state index is -1.44. The maximum atomic E-state index is 13.6. The lowest BCUT2D eigenvalue weighted by molar-refractivity contribution is -0.484. The molecule has 32 heavy (non-hydrogen) atoms. The van der Waals surface area contributed by atoms with Crippen molar-refractivity contribution in [3.63, 3.8) is 0 Å². The lowest BCUT2D eigenvalue weighted by Crippen LogP contribution is -2.62. The van der Waals surface area contributed by atoms with Crippen LogP contribution in [-0.4, -0.2) is 29.3 Å². The van der Waals surface area contributed by atoms with Crippen molar-refractivity contribution < 1.29 is 19.3 Å². The summed E-state index contributed by atoms with van der Waals surface area (Å²) in [5, 5.41) is 11.5. The SMILES string of the molecule is O=C1C([C@@H](C[N+](=O)[O-])c2ccccc2)C(=O)N(c2ccccc2)C(=O)N1c1ccccc1. The fourth-order valence-corrected chi connectivity index (χ4v) is 3.91. The van der Waals surface area contributed by atoms with Crippen molar-refractivity contribution in [2.45, 2.75) is 5.92 Å². The van der Waals surface area contributed by atoms with Crippen molar-refractivity contribution in [1.82, 2.24) is 0 Å². The van der Waals surface area contributed by atoms with E-state index in [1.807, 2.05) is 0 Å². The zero-order chi connectivity index (χ0) is 22.7. The van der Waals surface area contributed by atoms with E-state index in [1.54, 1.807) is 91.0 Å². The van der Waals surface area contributed by atoms with Crippen LogP contribution in [0.15, 0.2) is 91.0 Å². The highest BCUT2D eigenvalue weighted by molar-refractivity contribution is 6.36. The summed E-state index contributed by atoms with van der Waals surface area (Å²) in [6.07, 6.45) is 0. The minimum Gasteiger partial charge on any atom is -0.273 e. The van der Waals surface area contributed by atoms with Crippen molar-refractivity contribution in [1.29, 1.82) is 0 Å². The van der Waals surface area contributed by atoms with E-state index in [0.29, 0.717) is 5.56 Å². The molecule has 1 fully saturated rings. The van der Waals surface area contributed by atoms with Gasteiger partial charge in [-0.05, 0) is 29.8 Å². The van der Waals surface area contributed by atoms with Gasteiger partial charge >= 0.3 is 6.03 Å². The molecular formula is C24H19N3O5. The normalized spacial score (nSPS) is 15.7. The van der Waals surface area contributed by atoms with E-state index in [-0.39, 0.29) is 11.4 Å². The maximum Gasteiger partial charge on any atom is 0.342 e. The first-order valence-corrected chi connectivity index (χ1v) is 9.98. The lowest BCUT2D eigenvalue weighted by atomic mass is 9.82. The van der Waals surface area contributed by atoms with Crippen molar-refractivity contribution >= 4 is 29.2 Å². The number of hydrogen-bond donors (Lipinski definition) is 0. The highest BCUT2D eigenvalue weighted by atomic mass is 16.6. The molecule has 0 radical (unpaired) electrons. The van der Waals surface area contributed by atoms with E-state index in [2.05, 4.69) is 0 Å². The Labute approximate surface area is 183 Å².